The molecule has 1 aliphatic heterocycles. The predicted octanol–water partition coefficient (Wildman–Crippen LogP) is 2.09. The summed E-state index contributed by atoms with van der Waals surface area (Å²) in [5.74, 6) is 0.480. The molecule has 4 heteroatoms. The zero-order valence-corrected chi connectivity index (χ0v) is 10.2. The maximum atomic E-state index is 11.7. The van der Waals surface area contributed by atoms with Crippen molar-refractivity contribution in [2.24, 2.45) is 0 Å². The molecule has 0 saturated carbocycles. The minimum atomic E-state index is -0.829. The van der Waals surface area contributed by atoms with E-state index in [0.717, 1.165) is 11.3 Å². The van der Waals surface area contributed by atoms with Gasteiger partial charge >= 0.3 is 5.97 Å². The van der Waals surface area contributed by atoms with Crippen molar-refractivity contribution in [2.75, 3.05) is 13.7 Å². The van der Waals surface area contributed by atoms with Crippen molar-refractivity contribution >= 4 is 5.97 Å². The fourth-order valence-electron chi connectivity index (χ4n) is 1.81. The first-order valence-electron chi connectivity index (χ1n) is 5.60. The summed E-state index contributed by atoms with van der Waals surface area (Å²) >= 11 is 0. The number of ether oxygens (including phenoxy) is 3. The van der Waals surface area contributed by atoms with Gasteiger partial charge in [-0.25, -0.2) is 4.79 Å². The van der Waals surface area contributed by atoms with Crippen LogP contribution in [0.1, 0.15) is 25.5 Å². The van der Waals surface area contributed by atoms with Crippen molar-refractivity contribution in [1.29, 1.82) is 0 Å². The lowest BCUT2D eigenvalue weighted by molar-refractivity contribution is -0.148. The van der Waals surface area contributed by atoms with E-state index in [9.17, 15) is 4.79 Å². The van der Waals surface area contributed by atoms with E-state index in [0.29, 0.717) is 6.61 Å². The third-order valence-corrected chi connectivity index (χ3v) is 2.91. The molecule has 0 N–H and O–H groups in total. The molecule has 1 fully saturated rings. The number of esters is 1. The second-order valence-electron chi connectivity index (χ2n) is 4.10. The molecule has 0 aromatic heterocycles. The molecule has 1 aromatic carbocycles. The largest absolute Gasteiger partial charge is 0.497 e. The lowest BCUT2D eigenvalue weighted by Crippen LogP contribution is -2.24. The minimum absolute atomic E-state index is 0.215. The summed E-state index contributed by atoms with van der Waals surface area (Å²) in [6, 6.07) is 7.49. The maximum absolute atomic E-state index is 11.7. The average molecular weight is 236 g/mol. The van der Waals surface area contributed by atoms with Gasteiger partial charge in [-0.05, 0) is 31.5 Å². The SMILES string of the molecule is CCOC(=O)[C@@]1(C)O[C@@H]1c1ccc(OC)cc1. The van der Waals surface area contributed by atoms with Gasteiger partial charge in [0.15, 0.2) is 5.60 Å². The number of carbonyl (C=O) groups excluding carboxylic acids is 1. The number of carbonyl (C=O) groups is 1. The van der Waals surface area contributed by atoms with Gasteiger partial charge < -0.3 is 14.2 Å². The van der Waals surface area contributed by atoms with Crippen molar-refractivity contribution in [3.8, 4) is 5.75 Å². The Bertz CT molecular complexity index is 412. The van der Waals surface area contributed by atoms with Crippen LogP contribution in [-0.2, 0) is 14.3 Å². The van der Waals surface area contributed by atoms with E-state index < -0.39 is 5.60 Å². The van der Waals surface area contributed by atoms with Gasteiger partial charge in [-0.15, -0.1) is 0 Å². The second-order valence-corrected chi connectivity index (χ2v) is 4.10. The lowest BCUT2D eigenvalue weighted by atomic mass is 10.0. The summed E-state index contributed by atoms with van der Waals surface area (Å²) in [4.78, 5) is 11.7. The first-order chi connectivity index (χ1) is 8.11. The molecule has 0 aliphatic carbocycles. The molecular formula is C13H16O4. The summed E-state index contributed by atoms with van der Waals surface area (Å²) in [5, 5.41) is 0. The third-order valence-electron chi connectivity index (χ3n) is 2.91. The Morgan fingerprint density at radius 1 is 1.41 bits per heavy atom. The van der Waals surface area contributed by atoms with Gasteiger partial charge in [-0.1, -0.05) is 12.1 Å². The quantitative estimate of drug-likeness (QED) is 0.593. The van der Waals surface area contributed by atoms with Crippen molar-refractivity contribution in [2.45, 2.75) is 25.6 Å². The number of benzene rings is 1. The molecule has 0 amide bonds. The molecular weight excluding hydrogens is 220 g/mol. The van der Waals surface area contributed by atoms with Crippen LogP contribution in [0.15, 0.2) is 24.3 Å². The molecule has 2 atom stereocenters. The lowest BCUT2D eigenvalue weighted by Gasteiger charge is -2.06. The van der Waals surface area contributed by atoms with Gasteiger partial charge in [-0.2, -0.15) is 0 Å². The fourth-order valence-corrected chi connectivity index (χ4v) is 1.81. The molecule has 2 rings (SSSR count). The Labute approximate surface area is 100 Å². The van der Waals surface area contributed by atoms with Crippen molar-refractivity contribution in [3.63, 3.8) is 0 Å². The van der Waals surface area contributed by atoms with Crippen LogP contribution in [0.4, 0.5) is 0 Å². The van der Waals surface area contributed by atoms with E-state index >= 15 is 0 Å². The molecule has 4 nitrogen and oxygen atoms in total. The predicted molar refractivity (Wildman–Crippen MR) is 61.9 cm³/mol. The number of hydrogen-bond donors (Lipinski definition) is 0. The molecule has 1 aliphatic rings. The Morgan fingerprint density at radius 3 is 2.59 bits per heavy atom. The standard InChI is InChI=1S/C13H16O4/c1-4-16-12(14)13(2)11(17-13)9-5-7-10(15-3)8-6-9/h5-8,11H,4H2,1-3H3/t11-,13+/m1/s1. The summed E-state index contributed by atoms with van der Waals surface area (Å²) in [7, 11) is 1.62. The van der Waals surface area contributed by atoms with Gasteiger partial charge in [-0.3, -0.25) is 0 Å². The van der Waals surface area contributed by atoms with Crippen LogP contribution in [0.3, 0.4) is 0 Å². The highest BCUT2D eigenvalue weighted by Crippen LogP contribution is 2.50. The number of methoxy groups -OCH3 is 1. The Morgan fingerprint density at radius 2 is 2.06 bits per heavy atom. The summed E-state index contributed by atoms with van der Waals surface area (Å²) in [6.45, 7) is 3.90. The molecule has 1 heterocycles. The van der Waals surface area contributed by atoms with Gasteiger partial charge in [0.25, 0.3) is 0 Å². The van der Waals surface area contributed by atoms with Crippen molar-refractivity contribution in [3.05, 3.63) is 29.8 Å². The first kappa shape index (κ1) is 11.9. The van der Waals surface area contributed by atoms with Crippen LogP contribution in [-0.4, -0.2) is 25.3 Å². The highest BCUT2D eigenvalue weighted by Gasteiger charge is 2.60. The maximum Gasteiger partial charge on any atom is 0.341 e. The van der Waals surface area contributed by atoms with Crippen molar-refractivity contribution in [1.82, 2.24) is 0 Å². The van der Waals surface area contributed by atoms with Crippen LogP contribution in [0.25, 0.3) is 0 Å². The highest BCUT2D eigenvalue weighted by molar-refractivity contribution is 5.83. The number of rotatable bonds is 4. The number of hydrogen-bond acceptors (Lipinski definition) is 4. The molecule has 92 valence electrons. The molecule has 0 radical (unpaired) electrons. The topological polar surface area (TPSA) is 48.1 Å². The molecule has 0 unspecified atom stereocenters. The van der Waals surface area contributed by atoms with Gasteiger partial charge in [0.1, 0.15) is 11.9 Å². The molecule has 17 heavy (non-hydrogen) atoms. The van der Waals surface area contributed by atoms with Crippen molar-refractivity contribution < 1.29 is 19.0 Å². The van der Waals surface area contributed by atoms with E-state index in [1.54, 1.807) is 21.0 Å². The fraction of sp³-hybridized carbons (Fsp3) is 0.462. The first-order valence-corrected chi connectivity index (χ1v) is 5.60. The molecule has 0 bridgehead atoms. The Balaban J connectivity index is 2.08. The highest BCUT2D eigenvalue weighted by atomic mass is 16.7. The third kappa shape index (κ3) is 2.13. The Hall–Kier alpha value is -1.55. The smallest absolute Gasteiger partial charge is 0.341 e. The Kier molecular flexibility index (Phi) is 3.07. The average Bonchev–Trinajstić information content (AvgIpc) is 3.04. The van der Waals surface area contributed by atoms with Gasteiger partial charge in [0, 0.05) is 0 Å². The zero-order valence-electron chi connectivity index (χ0n) is 10.2. The van der Waals surface area contributed by atoms with Crippen LogP contribution >= 0.6 is 0 Å². The summed E-state index contributed by atoms with van der Waals surface area (Å²) < 4.78 is 15.5. The van der Waals surface area contributed by atoms with Crippen LogP contribution in [0.2, 0.25) is 0 Å². The van der Waals surface area contributed by atoms with Crippen LogP contribution in [0, 0.1) is 0 Å². The van der Waals surface area contributed by atoms with E-state index in [1.807, 2.05) is 24.3 Å². The zero-order chi connectivity index (χ0) is 12.5. The van der Waals surface area contributed by atoms with Crippen LogP contribution < -0.4 is 4.74 Å². The monoisotopic (exact) mass is 236 g/mol. The van der Waals surface area contributed by atoms with E-state index in [-0.39, 0.29) is 12.1 Å². The normalized spacial score (nSPS) is 26.4. The van der Waals surface area contributed by atoms with Crippen LogP contribution in [0.5, 0.6) is 5.75 Å². The van der Waals surface area contributed by atoms with E-state index in [2.05, 4.69) is 0 Å². The van der Waals surface area contributed by atoms with E-state index in [1.165, 1.54) is 0 Å². The number of epoxide rings is 1. The molecule has 1 saturated heterocycles. The summed E-state index contributed by atoms with van der Waals surface area (Å²) in [5.41, 5.74) is 0.131. The second kappa shape index (κ2) is 4.37. The minimum Gasteiger partial charge on any atom is -0.497 e. The molecule has 0 spiro atoms. The van der Waals surface area contributed by atoms with E-state index in [4.69, 9.17) is 14.2 Å². The molecule has 1 aromatic rings. The van der Waals surface area contributed by atoms with Gasteiger partial charge in [0.05, 0.1) is 13.7 Å². The van der Waals surface area contributed by atoms with Gasteiger partial charge in [0.2, 0.25) is 0 Å². The summed E-state index contributed by atoms with van der Waals surface area (Å²) in [6.07, 6.45) is -0.215.